The lowest BCUT2D eigenvalue weighted by molar-refractivity contribution is -0.139. The fraction of sp³-hybridized carbons (Fsp3) is 0.714. The van der Waals surface area contributed by atoms with Crippen LogP contribution < -0.4 is 0 Å². The molecule has 1 fully saturated rings. The van der Waals surface area contributed by atoms with Gasteiger partial charge in [-0.1, -0.05) is 39.5 Å². The lowest BCUT2D eigenvalue weighted by Gasteiger charge is -1.98. The van der Waals surface area contributed by atoms with E-state index in [1.165, 1.54) is 0 Å². The highest BCUT2D eigenvalue weighted by Crippen LogP contribution is 2.57. The van der Waals surface area contributed by atoms with Gasteiger partial charge in [0.1, 0.15) is 0 Å². The van der Waals surface area contributed by atoms with Gasteiger partial charge in [-0.25, -0.2) is 4.79 Å². The van der Waals surface area contributed by atoms with Gasteiger partial charge < -0.3 is 9.84 Å². The highest BCUT2D eigenvalue weighted by Gasteiger charge is 2.61. The molecule has 1 N–H and O–H groups in total. The molecule has 0 aliphatic heterocycles. The molecular weight excluding hydrogens is 232 g/mol. The maximum Gasteiger partial charge on any atom is 0.384 e. The van der Waals surface area contributed by atoms with Gasteiger partial charge in [-0.15, -0.1) is 0 Å². The molecule has 0 aromatic heterocycles. The quantitative estimate of drug-likeness (QED) is 0.352. The standard InChI is InChI=1S/C14H20O4/c1-4-5-6-9-18-11(15)8-7-10-12(13(16)17)14(10,2)3/h10,12H,4-6,9H2,1-3H3,(H,16,17). The third kappa shape index (κ3) is 3.49. The summed E-state index contributed by atoms with van der Waals surface area (Å²) in [6.45, 7) is 6.15. The lowest BCUT2D eigenvalue weighted by atomic mass is 10.1. The van der Waals surface area contributed by atoms with E-state index in [1.54, 1.807) is 0 Å². The zero-order chi connectivity index (χ0) is 13.8. The Balaban J connectivity index is 2.38. The van der Waals surface area contributed by atoms with Crippen LogP contribution in [0.1, 0.15) is 40.0 Å². The summed E-state index contributed by atoms with van der Waals surface area (Å²) in [7, 11) is 0. The third-order valence-electron chi connectivity index (χ3n) is 3.40. The molecule has 0 heterocycles. The minimum atomic E-state index is -0.851. The zero-order valence-electron chi connectivity index (χ0n) is 11.2. The molecule has 0 amide bonds. The van der Waals surface area contributed by atoms with Crippen LogP contribution in [0.4, 0.5) is 0 Å². The van der Waals surface area contributed by atoms with Gasteiger partial charge in [0.05, 0.1) is 12.5 Å². The van der Waals surface area contributed by atoms with Gasteiger partial charge in [-0.3, -0.25) is 4.79 Å². The van der Waals surface area contributed by atoms with Crippen molar-refractivity contribution < 1.29 is 19.4 Å². The monoisotopic (exact) mass is 252 g/mol. The molecule has 1 aliphatic carbocycles. The second-order valence-corrected chi connectivity index (χ2v) is 5.23. The Hall–Kier alpha value is -1.50. The summed E-state index contributed by atoms with van der Waals surface area (Å²) in [4.78, 5) is 22.2. The second-order valence-electron chi connectivity index (χ2n) is 5.23. The average molecular weight is 252 g/mol. The van der Waals surface area contributed by atoms with E-state index in [0.29, 0.717) is 6.61 Å². The molecule has 100 valence electrons. The van der Waals surface area contributed by atoms with E-state index in [2.05, 4.69) is 18.8 Å². The Kier molecular flexibility index (Phi) is 4.77. The van der Waals surface area contributed by atoms with Crippen LogP contribution in [0.5, 0.6) is 0 Å². The van der Waals surface area contributed by atoms with Crippen molar-refractivity contribution >= 4 is 11.9 Å². The van der Waals surface area contributed by atoms with E-state index in [4.69, 9.17) is 9.84 Å². The van der Waals surface area contributed by atoms with Crippen molar-refractivity contribution in [3.8, 4) is 11.8 Å². The first-order valence-electron chi connectivity index (χ1n) is 6.32. The summed E-state index contributed by atoms with van der Waals surface area (Å²) in [6, 6.07) is 0. The van der Waals surface area contributed by atoms with Crippen molar-refractivity contribution in [3.63, 3.8) is 0 Å². The van der Waals surface area contributed by atoms with Crippen LogP contribution in [0.15, 0.2) is 0 Å². The number of hydrogen-bond donors (Lipinski definition) is 1. The van der Waals surface area contributed by atoms with Crippen LogP contribution in [0.25, 0.3) is 0 Å². The minimum Gasteiger partial charge on any atom is -0.481 e. The topological polar surface area (TPSA) is 63.6 Å². The largest absolute Gasteiger partial charge is 0.481 e. The van der Waals surface area contributed by atoms with Crippen LogP contribution in [0.3, 0.4) is 0 Å². The molecule has 0 bridgehead atoms. The summed E-state index contributed by atoms with van der Waals surface area (Å²) < 4.78 is 4.93. The third-order valence-corrected chi connectivity index (χ3v) is 3.40. The molecule has 0 aromatic carbocycles. The van der Waals surface area contributed by atoms with Crippen LogP contribution in [0.2, 0.25) is 0 Å². The number of carbonyl (C=O) groups is 2. The van der Waals surface area contributed by atoms with E-state index < -0.39 is 17.9 Å². The van der Waals surface area contributed by atoms with Gasteiger partial charge in [-0.2, -0.15) is 0 Å². The predicted molar refractivity (Wildman–Crippen MR) is 66.7 cm³/mol. The van der Waals surface area contributed by atoms with Crippen molar-refractivity contribution in [2.24, 2.45) is 17.3 Å². The van der Waals surface area contributed by atoms with Crippen molar-refractivity contribution in [2.45, 2.75) is 40.0 Å². The number of ether oxygens (including phenoxy) is 1. The Morgan fingerprint density at radius 2 is 2.00 bits per heavy atom. The maximum absolute atomic E-state index is 11.3. The Morgan fingerprint density at radius 3 is 2.50 bits per heavy atom. The Bertz CT molecular complexity index is 386. The molecule has 0 radical (unpaired) electrons. The van der Waals surface area contributed by atoms with Crippen LogP contribution in [-0.4, -0.2) is 23.7 Å². The molecule has 2 atom stereocenters. The van der Waals surface area contributed by atoms with E-state index >= 15 is 0 Å². The van der Waals surface area contributed by atoms with Crippen molar-refractivity contribution in [3.05, 3.63) is 0 Å². The molecule has 1 rings (SSSR count). The van der Waals surface area contributed by atoms with Crippen molar-refractivity contribution in [2.75, 3.05) is 6.61 Å². The van der Waals surface area contributed by atoms with E-state index in [1.807, 2.05) is 13.8 Å². The van der Waals surface area contributed by atoms with E-state index in [-0.39, 0.29) is 11.3 Å². The fourth-order valence-corrected chi connectivity index (χ4v) is 2.06. The number of hydrogen-bond acceptors (Lipinski definition) is 3. The van der Waals surface area contributed by atoms with Crippen molar-refractivity contribution in [1.29, 1.82) is 0 Å². The minimum absolute atomic E-state index is 0.252. The molecule has 1 saturated carbocycles. The number of esters is 1. The SMILES string of the molecule is CCCCCOC(=O)C#CC1C(C(=O)O)C1(C)C. The van der Waals surface area contributed by atoms with Gasteiger partial charge in [-0.05, 0) is 11.8 Å². The summed E-state index contributed by atoms with van der Waals surface area (Å²) in [5.74, 6) is 2.97. The van der Waals surface area contributed by atoms with Crippen LogP contribution in [0, 0.1) is 29.1 Å². The number of carboxylic acids is 1. The van der Waals surface area contributed by atoms with Gasteiger partial charge in [0, 0.05) is 11.8 Å². The number of carboxylic acid groups (broad SMARTS) is 1. The normalized spacial score (nSPS) is 23.7. The summed E-state index contributed by atoms with van der Waals surface area (Å²) in [6.07, 6.45) is 2.94. The first kappa shape index (κ1) is 14.6. The summed E-state index contributed by atoms with van der Waals surface area (Å²) in [5, 5.41) is 8.94. The smallest absolute Gasteiger partial charge is 0.384 e. The molecule has 1 aliphatic rings. The molecule has 0 aromatic rings. The number of unbranched alkanes of at least 4 members (excludes halogenated alkanes) is 2. The Labute approximate surface area is 108 Å². The van der Waals surface area contributed by atoms with Gasteiger partial charge >= 0.3 is 11.9 Å². The van der Waals surface area contributed by atoms with E-state index in [9.17, 15) is 9.59 Å². The summed E-state index contributed by atoms with van der Waals surface area (Å²) in [5.41, 5.74) is -0.346. The first-order chi connectivity index (χ1) is 8.41. The molecular formula is C14H20O4. The van der Waals surface area contributed by atoms with Crippen molar-refractivity contribution in [1.82, 2.24) is 0 Å². The first-order valence-corrected chi connectivity index (χ1v) is 6.32. The highest BCUT2D eigenvalue weighted by atomic mass is 16.5. The molecule has 0 spiro atoms. The van der Waals surface area contributed by atoms with Gasteiger partial charge in [0.25, 0.3) is 0 Å². The van der Waals surface area contributed by atoms with Crippen LogP contribution >= 0.6 is 0 Å². The fourth-order valence-electron chi connectivity index (χ4n) is 2.06. The van der Waals surface area contributed by atoms with Gasteiger partial charge in [0.2, 0.25) is 0 Å². The number of rotatable bonds is 5. The second kappa shape index (κ2) is 5.90. The van der Waals surface area contributed by atoms with E-state index in [0.717, 1.165) is 19.3 Å². The molecule has 2 unspecified atom stereocenters. The van der Waals surface area contributed by atoms with Crippen LogP contribution in [-0.2, 0) is 14.3 Å². The number of carbonyl (C=O) groups excluding carboxylic acids is 1. The predicted octanol–water partition coefficient (Wildman–Crippen LogP) is 2.08. The molecule has 4 nitrogen and oxygen atoms in total. The molecule has 4 heteroatoms. The Morgan fingerprint density at radius 1 is 1.33 bits per heavy atom. The zero-order valence-corrected chi connectivity index (χ0v) is 11.2. The molecule has 18 heavy (non-hydrogen) atoms. The highest BCUT2D eigenvalue weighted by molar-refractivity contribution is 5.89. The average Bonchev–Trinajstić information content (AvgIpc) is 2.84. The molecule has 0 saturated heterocycles. The number of aliphatic carboxylic acids is 1. The van der Waals surface area contributed by atoms with Gasteiger partial charge in [0.15, 0.2) is 0 Å². The summed E-state index contributed by atoms with van der Waals surface area (Å²) >= 11 is 0. The lowest BCUT2D eigenvalue weighted by Crippen LogP contribution is -2.03. The maximum atomic E-state index is 11.3.